The molecule has 4 nitrogen and oxygen atoms in total. The molecular weight excluding hydrogens is 216 g/mol. The van der Waals surface area contributed by atoms with Crippen LogP contribution in [-0.4, -0.2) is 13.0 Å². The van der Waals surface area contributed by atoms with Gasteiger partial charge >= 0.3 is 0 Å². The van der Waals surface area contributed by atoms with E-state index in [2.05, 4.69) is 0 Å². The van der Waals surface area contributed by atoms with E-state index in [0.717, 1.165) is 0 Å². The Morgan fingerprint density at radius 1 is 1.60 bits per heavy atom. The van der Waals surface area contributed by atoms with E-state index < -0.39 is 11.9 Å². The molecule has 1 aromatic carbocycles. The van der Waals surface area contributed by atoms with Crippen molar-refractivity contribution in [2.45, 2.75) is 12.5 Å². The lowest BCUT2D eigenvalue weighted by atomic mass is 10.0. The summed E-state index contributed by atoms with van der Waals surface area (Å²) in [6.45, 7) is 0. The van der Waals surface area contributed by atoms with Crippen LogP contribution < -0.4 is 16.2 Å². The van der Waals surface area contributed by atoms with Crippen molar-refractivity contribution in [2.24, 2.45) is 11.5 Å². The van der Waals surface area contributed by atoms with Gasteiger partial charge in [-0.3, -0.25) is 4.79 Å². The molecule has 1 atom stereocenters. The zero-order valence-corrected chi connectivity index (χ0v) is 9.12. The Labute approximate surface area is 93.1 Å². The average Bonchev–Trinajstić information content (AvgIpc) is 2.16. The lowest BCUT2D eigenvalue weighted by molar-refractivity contribution is -0.118. The van der Waals surface area contributed by atoms with Gasteiger partial charge in [0.15, 0.2) is 0 Å². The van der Waals surface area contributed by atoms with Crippen LogP contribution in [0.3, 0.4) is 0 Å². The number of rotatable bonds is 4. The monoisotopic (exact) mass is 228 g/mol. The predicted octanol–water partition coefficient (Wildman–Crippen LogP) is 1.22. The summed E-state index contributed by atoms with van der Waals surface area (Å²) in [4.78, 5) is 10.7. The second-order valence-corrected chi connectivity index (χ2v) is 3.57. The third-order valence-corrected chi connectivity index (χ3v) is 2.36. The number of carbonyl (C=O) groups is 1. The van der Waals surface area contributed by atoms with Crippen LogP contribution >= 0.6 is 11.6 Å². The molecule has 1 amide bonds. The van der Waals surface area contributed by atoms with E-state index in [4.69, 9.17) is 27.8 Å². The molecule has 0 aliphatic rings. The molecule has 1 unspecified atom stereocenters. The highest BCUT2D eigenvalue weighted by Gasteiger charge is 2.13. The van der Waals surface area contributed by atoms with Crippen molar-refractivity contribution in [2.75, 3.05) is 7.11 Å². The zero-order chi connectivity index (χ0) is 11.4. The average molecular weight is 229 g/mol. The van der Waals surface area contributed by atoms with Crippen LogP contribution in [0.15, 0.2) is 18.2 Å². The third kappa shape index (κ3) is 3.11. The van der Waals surface area contributed by atoms with Gasteiger partial charge in [-0.15, -0.1) is 0 Å². The maximum absolute atomic E-state index is 10.7. The van der Waals surface area contributed by atoms with Crippen LogP contribution in [0.2, 0.25) is 5.02 Å². The van der Waals surface area contributed by atoms with Gasteiger partial charge in [0.2, 0.25) is 5.91 Å². The quantitative estimate of drug-likeness (QED) is 0.814. The predicted molar refractivity (Wildman–Crippen MR) is 58.7 cm³/mol. The first-order chi connectivity index (χ1) is 7.04. The molecule has 1 rings (SSSR count). The Morgan fingerprint density at radius 3 is 2.73 bits per heavy atom. The second kappa shape index (κ2) is 5.00. The minimum Gasteiger partial charge on any atom is -0.497 e. The molecule has 82 valence electrons. The van der Waals surface area contributed by atoms with Gasteiger partial charge in [-0.2, -0.15) is 0 Å². The highest BCUT2D eigenvalue weighted by atomic mass is 35.5. The van der Waals surface area contributed by atoms with Crippen LogP contribution in [-0.2, 0) is 4.79 Å². The SMILES string of the molecule is COc1ccc(C(N)CC(N)=O)c(Cl)c1. The van der Waals surface area contributed by atoms with Gasteiger partial charge in [-0.05, 0) is 17.7 Å². The summed E-state index contributed by atoms with van der Waals surface area (Å²) in [6, 6.07) is 4.65. The number of hydrogen-bond acceptors (Lipinski definition) is 3. The number of hydrogen-bond donors (Lipinski definition) is 2. The molecule has 1 aromatic rings. The number of ether oxygens (including phenoxy) is 1. The molecular formula is C10H13ClN2O2. The van der Waals surface area contributed by atoms with Gasteiger partial charge in [0.25, 0.3) is 0 Å². The van der Waals surface area contributed by atoms with E-state index in [1.54, 1.807) is 25.3 Å². The summed E-state index contributed by atoms with van der Waals surface area (Å²) in [5, 5.41) is 0.475. The first-order valence-corrected chi connectivity index (χ1v) is 4.79. The van der Waals surface area contributed by atoms with Crippen LogP contribution in [0.25, 0.3) is 0 Å². The Bertz CT molecular complexity index is 368. The van der Waals surface area contributed by atoms with E-state index in [9.17, 15) is 4.79 Å². The van der Waals surface area contributed by atoms with Gasteiger partial charge in [0.1, 0.15) is 5.75 Å². The van der Waals surface area contributed by atoms with Crippen molar-refractivity contribution < 1.29 is 9.53 Å². The topological polar surface area (TPSA) is 78.3 Å². The Hall–Kier alpha value is -1.26. The Balaban J connectivity index is 2.90. The van der Waals surface area contributed by atoms with Crippen LogP contribution in [0.5, 0.6) is 5.75 Å². The van der Waals surface area contributed by atoms with Crippen molar-refractivity contribution in [1.82, 2.24) is 0 Å². The summed E-state index contributed by atoms with van der Waals surface area (Å²) >= 11 is 5.97. The number of methoxy groups -OCH3 is 1. The summed E-state index contributed by atoms with van der Waals surface area (Å²) in [5.41, 5.74) is 11.5. The maximum atomic E-state index is 10.7. The second-order valence-electron chi connectivity index (χ2n) is 3.16. The first-order valence-electron chi connectivity index (χ1n) is 4.42. The van der Waals surface area contributed by atoms with E-state index in [0.29, 0.717) is 16.3 Å². The van der Waals surface area contributed by atoms with E-state index in [1.165, 1.54) is 0 Å². The van der Waals surface area contributed by atoms with Crippen molar-refractivity contribution >= 4 is 17.5 Å². The fraction of sp³-hybridized carbons (Fsp3) is 0.300. The van der Waals surface area contributed by atoms with Gasteiger partial charge < -0.3 is 16.2 Å². The number of carbonyl (C=O) groups excluding carboxylic acids is 1. The van der Waals surface area contributed by atoms with Crippen LogP contribution in [0.1, 0.15) is 18.0 Å². The molecule has 0 heterocycles. The highest BCUT2D eigenvalue weighted by Crippen LogP contribution is 2.27. The molecule has 15 heavy (non-hydrogen) atoms. The minimum atomic E-state index is -0.471. The standard InChI is InChI=1S/C10H13ClN2O2/c1-15-6-2-3-7(8(11)4-6)9(12)5-10(13)14/h2-4,9H,5,12H2,1H3,(H2,13,14). The highest BCUT2D eigenvalue weighted by molar-refractivity contribution is 6.31. The molecule has 0 aromatic heterocycles. The van der Waals surface area contributed by atoms with Crippen LogP contribution in [0.4, 0.5) is 0 Å². The number of nitrogens with two attached hydrogens (primary N) is 2. The molecule has 4 N–H and O–H groups in total. The zero-order valence-electron chi connectivity index (χ0n) is 8.37. The first kappa shape index (κ1) is 11.8. The third-order valence-electron chi connectivity index (χ3n) is 2.03. The number of primary amides is 1. The molecule has 5 heteroatoms. The summed E-state index contributed by atoms with van der Waals surface area (Å²) in [7, 11) is 1.55. The number of amides is 1. The van der Waals surface area contributed by atoms with Gasteiger partial charge in [0.05, 0.1) is 7.11 Å². The fourth-order valence-electron chi connectivity index (χ4n) is 1.26. The number of halogens is 1. The van der Waals surface area contributed by atoms with E-state index in [1.807, 2.05) is 0 Å². The summed E-state index contributed by atoms with van der Waals surface area (Å²) < 4.78 is 4.99. The lowest BCUT2D eigenvalue weighted by Gasteiger charge is -2.12. The normalized spacial score (nSPS) is 12.2. The molecule has 0 saturated carbocycles. The van der Waals surface area contributed by atoms with E-state index in [-0.39, 0.29) is 6.42 Å². The molecule has 0 aliphatic carbocycles. The molecule has 0 saturated heterocycles. The van der Waals surface area contributed by atoms with Crippen molar-refractivity contribution in [3.63, 3.8) is 0 Å². The molecule has 0 spiro atoms. The van der Waals surface area contributed by atoms with Crippen molar-refractivity contribution in [3.05, 3.63) is 28.8 Å². The molecule has 0 aliphatic heterocycles. The fourth-order valence-corrected chi connectivity index (χ4v) is 1.57. The van der Waals surface area contributed by atoms with Gasteiger partial charge in [-0.1, -0.05) is 17.7 Å². The smallest absolute Gasteiger partial charge is 0.219 e. The number of benzene rings is 1. The maximum Gasteiger partial charge on any atom is 0.219 e. The van der Waals surface area contributed by atoms with Crippen molar-refractivity contribution in [1.29, 1.82) is 0 Å². The Kier molecular flexibility index (Phi) is 3.94. The molecule has 0 fully saturated rings. The summed E-state index contributed by atoms with van der Waals surface area (Å²) in [5.74, 6) is 0.199. The van der Waals surface area contributed by atoms with Gasteiger partial charge in [0, 0.05) is 17.5 Å². The Morgan fingerprint density at radius 2 is 2.27 bits per heavy atom. The van der Waals surface area contributed by atoms with Gasteiger partial charge in [-0.25, -0.2) is 0 Å². The summed E-state index contributed by atoms with van der Waals surface area (Å²) in [6.07, 6.45) is 0.0754. The molecule has 0 radical (unpaired) electrons. The molecule has 0 bridgehead atoms. The van der Waals surface area contributed by atoms with E-state index >= 15 is 0 Å². The van der Waals surface area contributed by atoms with Crippen molar-refractivity contribution in [3.8, 4) is 5.75 Å². The minimum absolute atomic E-state index is 0.0754. The lowest BCUT2D eigenvalue weighted by Crippen LogP contribution is -2.20. The largest absolute Gasteiger partial charge is 0.497 e. The van der Waals surface area contributed by atoms with Crippen LogP contribution in [0, 0.1) is 0 Å².